The molecule has 0 saturated carbocycles. The zero-order valence-corrected chi connectivity index (χ0v) is 13.2. The van der Waals surface area contributed by atoms with E-state index in [1.807, 2.05) is 38.2 Å². The summed E-state index contributed by atoms with van der Waals surface area (Å²) in [5, 5.41) is 7.31. The van der Waals surface area contributed by atoms with Crippen LogP contribution < -0.4 is 5.32 Å². The van der Waals surface area contributed by atoms with Crippen molar-refractivity contribution in [1.82, 2.24) is 19.7 Å². The number of amides is 1. The molecule has 2 heterocycles. The van der Waals surface area contributed by atoms with Gasteiger partial charge in [-0.25, -0.2) is 9.67 Å². The summed E-state index contributed by atoms with van der Waals surface area (Å²) in [4.78, 5) is 19.2. The second-order valence-electron chi connectivity index (χ2n) is 5.61. The Morgan fingerprint density at radius 3 is 2.83 bits per heavy atom. The third-order valence-corrected chi connectivity index (χ3v) is 3.56. The standard InChI is InChI=1S/C17H19N5O/c1-12-3-5-16(22-10-13(2)8-20-22)15(7-12)21-17(23)6-4-14-9-18-11-19-14/h3,5,7-11H,4,6H2,1-2H3,(H,18,19)(H,21,23). The number of nitrogens with zero attached hydrogens (tertiary/aromatic N) is 3. The number of rotatable bonds is 5. The molecule has 118 valence electrons. The Labute approximate surface area is 134 Å². The Kier molecular flexibility index (Phi) is 4.23. The van der Waals surface area contributed by atoms with Gasteiger partial charge in [0.15, 0.2) is 0 Å². The van der Waals surface area contributed by atoms with Gasteiger partial charge in [0.2, 0.25) is 5.91 Å². The van der Waals surface area contributed by atoms with E-state index in [2.05, 4.69) is 20.4 Å². The van der Waals surface area contributed by atoms with E-state index in [0.29, 0.717) is 12.8 Å². The van der Waals surface area contributed by atoms with Gasteiger partial charge in [0.25, 0.3) is 0 Å². The molecule has 0 bridgehead atoms. The lowest BCUT2D eigenvalue weighted by atomic mass is 10.1. The lowest BCUT2D eigenvalue weighted by molar-refractivity contribution is -0.116. The molecule has 0 saturated heterocycles. The minimum atomic E-state index is -0.0321. The molecule has 6 heteroatoms. The molecule has 3 rings (SSSR count). The molecule has 0 radical (unpaired) electrons. The fourth-order valence-electron chi connectivity index (χ4n) is 2.38. The number of hydrogen-bond donors (Lipinski definition) is 2. The molecule has 0 aliphatic rings. The molecule has 6 nitrogen and oxygen atoms in total. The average molecular weight is 309 g/mol. The Morgan fingerprint density at radius 1 is 1.26 bits per heavy atom. The number of hydrogen-bond acceptors (Lipinski definition) is 3. The predicted molar refractivity (Wildman–Crippen MR) is 88.6 cm³/mol. The van der Waals surface area contributed by atoms with Gasteiger partial charge in [0, 0.05) is 24.5 Å². The van der Waals surface area contributed by atoms with Gasteiger partial charge in [-0.05, 0) is 43.5 Å². The van der Waals surface area contributed by atoms with Crippen LogP contribution in [0.3, 0.4) is 0 Å². The number of aromatic nitrogens is 4. The van der Waals surface area contributed by atoms with E-state index >= 15 is 0 Å². The Balaban J connectivity index is 1.76. The second kappa shape index (κ2) is 6.48. The fraction of sp³-hybridized carbons (Fsp3) is 0.235. The van der Waals surface area contributed by atoms with Gasteiger partial charge in [0.05, 0.1) is 23.9 Å². The van der Waals surface area contributed by atoms with Gasteiger partial charge in [-0.1, -0.05) is 6.07 Å². The second-order valence-corrected chi connectivity index (χ2v) is 5.61. The quantitative estimate of drug-likeness (QED) is 0.761. The van der Waals surface area contributed by atoms with Crippen LogP contribution in [-0.2, 0) is 11.2 Å². The van der Waals surface area contributed by atoms with E-state index in [1.165, 1.54) is 0 Å². The largest absolute Gasteiger partial charge is 0.348 e. The first-order valence-corrected chi connectivity index (χ1v) is 7.51. The van der Waals surface area contributed by atoms with Gasteiger partial charge in [0.1, 0.15) is 0 Å². The molecule has 3 aromatic rings. The fourth-order valence-corrected chi connectivity index (χ4v) is 2.38. The molecule has 2 N–H and O–H groups in total. The highest BCUT2D eigenvalue weighted by molar-refractivity contribution is 5.93. The third-order valence-electron chi connectivity index (χ3n) is 3.56. The van der Waals surface area contributed by atoms with Gasteiger partial charge in [-0.3, -0.25) is 4.79 Å². The van der Waals surface area contributed by atoms with Crippen molar-refractivity contribution in [2.75, 3.05) is 5.32 Å². The van der Waals surface area contributed by atoms with Crippen LogP contribution in [0.5, 0.6) is 0 Å². The molecule has 0 spiro atoms. The van der Waals surface area contributed by atoms with Crippen molar-refractivity contribution >= 4 is 11.6 Å². The van der Waals surface area contributed by atoms with Gasteiger partial charge in [-0.2, -0.15) is 5.10 Å². The van der Waals surface area contributed by atoms with Crippen LogP contribution >= 0.6 is 0 Å². The average Bonchev–Trinajstić information content (AvgIpc) is 3.17. The summed E-state index contributed by atoms with van der Waals surface area (Å²) in [7, 11) is 0. The van der Waals surface area contributed by atoms with Crippen molar-refractivity contribution in [1.29, 1.82) is 0 Å². The molecular weight excluding hydrogens is 290 g/mol. The zero-order chi connectivity index (χ0) is 16.2. The molecule has 0 atom stereocenters. The van der Waals surface area contributed by atoms with Crippen molar-refractivity contribution in [3.05, 3.63) is 59.9 Å². The lowest BCUT2D eigenvalue weighted by Crippen LogP contribution is -2.14. The Morgan fingerprint density at radius 2 is 2.13 bits per heavy atom. The number of carbonyl (C=O) groups excluding carboxylic acids is 1. The van der Waals surface area contributed by atoms with Crippen LogP contribution in [-0.4, -0.2) is 25.7 Å². The van der Waals surface area contributed by atoms with E-state index < -0.39 is 0 Å². The predicted octanol–water partition coefficient (Wildman–Crippen LogP) is 2.78. The van der Waals surface area contributed by atoms with Crippen LogP contribution in [0.15, 0.2) is 43.1 Å². The summed E-state index contributed by atoms with van der Waals surface area (Å²) in [5.41, 5.74) is 4.73. The van der Waals surface area contributed by atoms with Gasteiger partial charge < -0.3 is 10.3 Å². The first-order valence-electron chi connectivity index (χ1n) is 7.51. The van der Waals surface area contributed by atoms with Gasteiger partial charge in [-0.15, -0.1) is 0 Å². The number of H-pyrrole nitrogens is 1. The van der Waals surface area contributed by atoms with Gasteiger partial charge >= 0.3 is 0 Å². The highest BCUT2D eigenvalue weighted by Crippen LogP contribution is 2.22. The van der Waals surface area contributed by atoms with Crippen LogP contribution in [0, 0.1) is 13.8 Å². The first-order chi connectivity index (χ1) is 11.1. The molecular formula is C17H19N5O. The van der Waals surface area contributed by atoms with E-state index in [4.69, 9.17) is 0 Å². The summed E-state index contributed by atoms with van der Waals surface area (Å²) in [6.45, 7) is 3.98. The maximum Gasteiger partial charge on any atom is 0.224 e. The summed E-state index contributed by atoms with van der Waals surface area (Å²) in [5.74, 6) is -0.0321. The van der Waals surface area contributed by atoms with E-state index in [-0.39, 0.29) is 5.91 Å². The molecule has 0 aliphatic heterocycles. The number of benzene rings is 1. The minimum absolute atomic E-state index is 0.0321. The lowest BCUT2D eigenvalue weighted by Gasteiger charge is -2.12. The van der Waals surface area contributed by atoms with Crippen molar-refractivity contribution in [3.63, 3.8) is 0 Å². The highest BCUT2D eigenvalue weighted by atomic mass is 16.1. The molecule has 1 amide bonds. The van der Waals surface area contributed by atoms with Crippen LogP contribution in [0.4, 0.5) is 5.69 Å². The Bertz CT molecular complexity index is 804. The van der Waals surface area contributed by atoms with E-state index in [0.717, 1.165) is 28.2 Å². The van der Waals surface area contributed by atoms with Crippen LogP contribution in [0.1, 0.15) is 23.2 Å². The SMILES string of the molecule is Cc1ccc(-n2cc(C)cn2)c(NC(=O)CCc2cnc[nH]2)c1. The summed E-state index contributed by atoms with van der Waals surface area (Å²) >= 11 is 0. The Hall–Kier alpha value is -2.89. The normalized spacial score (nSPS) is 10.7. The number of imidazole rings is 1. The minimum Gasteiger partial charge on any atom is -0.348 e. The molecule has 0 aliphatic carbocycles. The number of aryl methyl sites for hydroxylation is 3. The number of aromatic amines is 1. The summed E-state index contributed by atoms with van der Waals surface area (Å²) < 4.78 is 1.78. The van der Waals surface area contributed by atoms with Crippen LogP contribution in [0.25, 0.3) is 5.69 Å². The van der Waals surface area contributed by atoms with E-state index in [1.54, 1.807) is 23.4 Å². The van der Waals surface area contributed by atoms with Crippen molar-refractivity contribution in [2.24, 2.45) is 0 Å². The zero-order valence-electron chi connectivity index (χ0n) is 13.2. The van der Waals surface area contributed by atoms with Crippen LogP contribution in [0.2, 0.25) is 0 Å². The maximum absolute atomic E-state index is 12.2. The monoisotopic (exact) mass is 309 g/mol. The third kappa shape index (κ3) is 3.66. The van der Waals surface area contributed by atoms with Crippen molar-refractivity contribution in [2.45, 2.75) is 26.7 Å². The topological polar surface area (TPSA) is 75.6 Å². The first kappa shape index (κ1) is 15.0. The number of anilines is 1. The van der Waals surface area contributed by atoms with Crippen molar-refractivity contribution < 1.29 is 4.79 Å². The highest BCUT2D eigenvalue weighted by Gasteiger charge is 2.10. The molecule has 23 heavy (non-hydrogen) atoms. The molecule has 0 unspecified atom stereocenters. The number of carbonyl (C=O) groups is 1. The maximum atomic E-state index is 12.2. The summed E-state index contributed by atoms with van der Waals surface area (Å²) in [6, 6.07) is 5.93. The van der Waals surface area contributed by atoms with E-state index in [9.17, 15) is 4.79 Å². The molecule has 0 fully saturated rings. The summed E-state index contributed by atoms with van der Waals surface area (Å²) in [6.07, 6.45) is 8.11. The molecule has 2 aromatic heterocycles. The number of nitrogens with one attached hydrogen (secondary N) is 2. The smallest absolute Gasteiger partial charge is 0.224 e. The molecule has 1 aromatic carbocycles. The van der Waals surface area contributed by atoms with Crippen molar-refractivity contribution in [3.8, 4) is 5.69 Å².